The molecule has 0 saturated heterocycles. The van der Waals surface area contributed by atoms with Crippen molar-refractivity contribution < 1.29 is 18.7 Å². The third kappa shape index (κ3) is 4.57. The summed E-state index contributed by atoms with van der Waals surface area (Å²) >= 11 is 6.05. The predicted octanol–water partition coefficient (Wildman–Crippen LogP) is 6.52. The Bertz CT molecular complexity index is 1380. The summed E-state index contributed by atoms with van der Waals surface area (Å²) in [5, 5.41) is 1.46. The number of ketones is 2. The number of benzene rings is 3. The predicted molar refractivity (Wildman–Crippen MR) is 129 cm³/mol. The molecule has 0 bridgehead atoms. The highest BCUT2D eigenvalue weighted by Gasteiger charge is 2.54. The van der Waals surface area contributed by atoms with Crippen LogP contribution in [0, 0.1) is 11.2 Å². The van der Waals surface area contributed by atoms with Crippen LogP contribution in [0.3, 0.4) is 0 Å². The molecule has 3 aromatic carbocycles. The van der Waals surface area contributed by atoms with E-state index in [0.717, 1.165) is 22.0 Å². The molecule has 170 valence electrons. The van der Waals surface area contributed by atoms with E-state index in [1.165, 1.54) is 12.1 Å². The molecule has 0 N–H and O–H groups in total. The van der Waals surface area contributed by atoms with Crippen LogP contribution in [-0.2, 0) is 22.4 Å². The Morgan fingerprint density at radius 2 is 1.50 bits per heavy atom. The monoisotopic (exact) mass is 473 g/mol. The van der Waals surface area contributed by atoms with Crippen LogP contribution in [0.4, 0.5) is 4.39 Å². The third-order valence-electron chi connectivity index (χ3n) is 6.28. The molecule has 34 heavy (non-hydrogen) atoms. The molecule has 5 rings (SSSR count). The molecule has 1 aliphatic rings. The van der Waals surface area contributed by atoms with E-state index in [9.17, 15) is 14.0 Å². The number of nitrogens with zero attached hydrogens (tertiary/aromatic N) is 1. The molecule has 1 heterocycles. The first kappa shape index (κ1) is 22.2. The average Bonchev–Trinajstić information content (AvgIpc) is 3.64. The number of fused-ring (bicyclic) bond motifs is 1. The summed E-state index contributed by atoms with van der Waals surface area (Å²) < 4.78 is 19.2. The van der Waals surface area contributed by atoms with Crippen molar-refractivity contribution in [1.29, 1.82) is 0 Å². The molecular weight excluding hydrogens is 453 g/mol. The summed E-state index contributed by atoms with van der Waals surface area (Å²) in [4.78, 5) is 30.2. The minimum Gasteiger partial charge on any atom is -0.457 e. The van der Waals surface area contributed by atoms with Gasteiger partial charge in [0.1, 0.15) is 17.3 Å². The van der Waals surface area contributed by atoms with Gasteiger partial charge >= 0.3 is 0 Å². The molecule has 0 unspecified atom stereocenters. The van der Waals surface area contributed by atoms with E-state index >= 15 is 0 Å². The number of rotatable bonds is 8. The molecule has 0 amide bonds. The van der Waals surface area contributed by atoms with Gasteiger partial charge in [-0.3, -0.25) is 14.6 Å². The molecule has 0 atom stereocenters. The quantitative estimate of drug-likeness (QED) is 0.273. The van der Waals surface area contributed by atoms with Gasteiger partial charge in [0.2, 0.25) is 0 Å². The van der Waals surface area contributed by atoms with Crippen molar-refractivity contribution in [1.82, 2.24) is 4.98 Å². The Morgan fingerprint density at radius 3 is 2.12 bits per heavy atom. The van der Waals surface area contributed by atoms with Crippen LogP contribution in [0.5, 0.6) is 11.5 Å². The molecule has 0 spiro atoms. The van der Waals surface area contributed by atoms with E-state index in [-0.39, 0.29) is 30.2 Å². The van der Waals surface area contributed by atoms with Crippen molar-refractivity contribution in [3.63, 3.8) is 0 Å². The van der Waals surface area contributed by atoms with Gasteiger partial charge < -0.3 is 4.74 Å². The van der Waals surface area contributed by atoms with Gasteiger partial charge in [0.15, 0.2) is 11.6 Å². The van der Waals surface area contributed by atoms with Gasteiger partial charge in [-0.2, -0.15) is 0 Å². The summed E-state index contributed by atoms with van der Waals surface area (Å²) in [5.74, 6) is 0.794. The highest BCUT2D eigenvalue weighted by atomic mass is 35.5. The second kappa shape index (κ2) is 8.99. The van der Waals surface area contributed by atoms with Gasteiger partial charge in [-0.05, 0) is 72.5 Å². The van der Waals surface area contributed by atoms with Crippen LogP contribution in [0.15, 0.2) is 79.0 Å². The number of Topliss-reactive ketones (excluding diaryl/α,β-unsaturated/α-hetero) is 2. The topological polar surface area (TPSA) is 56.3 Å². The van der Waals surface area contributed by atoms with E-state index in [0.29, 0.717) is 29.4 Å². The standard InChI is InChI=1S/C28H21ClFNO3/c29-20-5-10-23-24(17-20)31-14-11-25(23)34-22-8-3-19(4-9-22)16-27(33)28(12-13-28)26(32)15-18-1-6-21(30)7-2-18/h1-11,14,17H,12-13,15-16H2. The highest BCUT2D eigenvalue weighted by Crippen LogP contribution is 2.48. The first-order valence-electron chi connectivity index (χ1n) is 11.1. The fourth-order valence-electron chi connectivity index (χ4n) is 4.14. The molecule has 0 aliphatic heterocycles. The van der Waals surface area contributed by atoms with Gasteiger partial charge in [-0.15, -0.1) is 0 Å². The van der Waals surface area contributed by atoms with Gasteiger partial charge in [0.05, 0.1) is 10.9 Å². The SMILES string of the molecule is O=C(Cc1ccc(F)cc1)C1(C(=O)Cc2ccc(Oc3ccnc4cc(Cl)ccc34)cc2)CC1. The van der Waals surface area contributed by atoms with Gasteiger partial charge in [0, 0.05) is 29.4 Å². The second-order valence-corrected chi connectivity index (χ2v) is 9.06. The van der Waals surface area contributed by atoms with Crippen LogP contribution in [-0.4, -0.2) is 16.6 Å². The van der Waals surface area contributed by atoms with E-state index in [4.69, 9.17) is 16.3 Å². The number of hydrogen-bond donors (Lipinski definition) is 0. The van der Waals surface area contributed by atoms with E-state index in [1.54, 1.807) is 36.5 Å². The fraction of sp³-hybridized carbons (Fsp3) is 0.179. The zero-order chi connectivity index (χ0) is 23.7. The summed E-state index contributed by atoms with van der Waals surface area (Å²) in [6.07, 6.45) is 3.15. The largest absolute Gasteiger partial charge is 0.457 e. The molecule has 0 radical (unpaired) electrons. The van der Waals surface area contributed by atoms with Crippen LogP contribution < -0.4 is 4.74 Å². The van der Waals surface area contributed by atoms with Crippen LogP contribution in [0.2, 0.25) is 5.02 Å². The molecule has 1 aromatic heterocycles. The fourth-order valence-corrected chi connectivity index (χ4v) is 4.30. The van der Waals surface area contributed by atoms with Crippen LogP contribution >= 0.6 is 11.6 Å². The summed E-state index contributed by atoms with van der Waals surface area (Å²) in [6, 6.07) is 20.4. The van der Waals surface area contributed by atoms with Crippen LogP contribution in [0.25, 0.3) is 10.9 Å². The van der Waals surface area contributed by atoms with Crippen molar-refractivity contribution in [2.45, 2.75) is 25.7 Å². The number of halogens is 2. The Labute approximate surface area is 201 Å². The lowest BCUT2D eigenvalue weighted by atomic mass is 9.88. The second-order valence-electron chi connectivity index (χ2n) is 8.63. The van der Waals surface area contributed by atoms with E-state index in [2.05, 4.69) is 4.98 Å². The number of pyridine rings is 1. The maximum absolute atomic E-state index is 13.1. The first-order valence-corrected chi connectivity index (χ1v) is 11.4. The van der Waals surface area contributed by atoms with E-state index in [1.807, 2.05) is 30.3 Å². The zero-order valence-corrected chi connectivity index (χ0v) is 19.0. The minimum absolute atomic E-state index is 0.0645. The van der Waals surface area contributed by atoms with Gasteiger partial charge in [0.25, 0.3) is 0 Å². The number of aromatic nitrogens is 1. The Hall–Kier alpha value is -3.57. The Morgan fingerprint density at radius 1 is 0.882 bits per heavy atom. The third-order valence-corrected chi connectivity index (χ3v) is 6.51. The van der Waals surface area contributed by atoms with Crippen molar-refractivity contribution >= 4 is 34.1 Å². The average molecular weight is 474 g/mol. The lowest BCUT2D eigenvalue weighted by Gasteiger charge is -2.14. The maximum Gasteiger partial charge on any atom is 0.150 e. The van der Waals surface area contributed by atoms with Crippen molar-refractivity contribution in [3.05, 3.63) is 101 Å². The molecule has 6 heteroatoms. The number of ether oxygens (including phenoxy) is 1. The van der Waals surface area contributed by atoms with Crippen molar-refractivity contribution in [2.75, 3.05) is 0 Å². The molecule has 4 aromatic rings. The number of carbonyl (C=O) groups is 2. The molecule has 1 saturated carbocycles. The van der Waals surface area contributed by atoms with Crippen molar-refractivity contribution in [3.8, 4) is 11.5 Å². The lowest BCUT2D eigenvalue weighted by Crippen LogP contribution is -2.28. The van der Waals surface area contributed by atoms with Crippen LogP contribution in [0.1, 0.15) is 24.0 Å². The Kier molecular flexibility index (Phi) is 5.88. The number of hydrogen-bond acceptors (Lipinski definition) is 4. The molecule has 1 fully saturated rings. The maximum atomic E-state index is 13.1. The summed E-state index contributed by atoms with van der Waals surface area (Å²) in [7, 11) is 0. The Balaban J connectivity index is 1.25. The highest BCUT2D eigenvalue weighted by molar-refractivity contribution is 6.31. The molecular formula is C28H21ClFNO3. The van der Waals surface area contributed by atoms with Crippen molar-refractivity contribution in [2.24, 2.45) is 5.41 Å². The summed E-state index contributed by atoms with van der Waals surface area (Å²) in [5.41, 5.74) is 1.38. The lowest BCUT2D eigenvalue weighted by molar-refractivity contribution is -0.133. The zero-order valence-electron chi connectivity index (χ0n) is 18.3. The minimum atomic E-state index is -0.902. The first-order chi connectivity index (χ1) is 16.4. The summed E-state index contributed by atoms with van der Waals surface area (Å²) in [6.45, 7) is 0. The molecule has 1 aliphatic carbocycles. The number of carbonyl (C=O) groups excluding carboxylic acids is 2. The molecule has 4 nitrogen and oxygen atoms in total. The smallest absolute Gasteiger partial charge is 0.150 e. The van der Waals surface area contributed by atoms with Gasteiger partial charge in [-0.25, -0.2) is 4.39 Å². The van der Waals surface area contributed by atoms with Gasteiger partial charge in [-0.1, -0.05) is 35.9 Å². The van der Waals surface area contributed by atoms with E-state index < -0.39 is 5.41 Å². The normalized spacial score (nSPS) is 14.1.